The van der Waals surface area contributed by atoms with Gasteiger partial charge in [0, 0.05) is 11.1 Å². The predicted octanol–water partition coefficient (Wildman–Crippen LogP) is 10.9. The van der Waals surface area contributed by atoms with Crippen LogP contribution in [0, 0.1) is 0 Å². The molecule has 1 rings (SSSR count). The Morgan fingerprint density at radius 2 is 0.719 bits per heavy atom. The molecule has 0 N–H and O–H groups in total. The second kappa shape index (κ2) is 18.3. The summed E-state index contributed by atoms with van der Waals surface area (Å²) in [6.07, 6.45) is 33.4. The molecule has 1 aliphatic heterocycles. The van der Waals surface area contributed by atoms with Crippen molar-refractivity contribution in [2.24, 2.45) is 0 Å². The lowest BCUT2D eigenvalue weighted by Gasteiger charge is -2.53. The minimum absolute atomic E-state index is 0.398. The lowest BCUT2D eigenvalue weighted by Crippen LogP contribution is -2.58. The summed E-state index contributed by atoms with van der Waals surface area (Å²) in [7, 11) is 0. The molecule has 1 fully saturated rings. The molecule has 0 bridgehead atoms. The van der Waals surface area contributed by atoms with Gasteiger partial charge in [-0.15, -0.1) is 0 Å². The van der Waals surface area contributed by atoms with Crippen LogP contribution in [-0.2, 0) is 0 Å². The average molecular weight is 450 g/mol. The summed E-state index contributed by atoms with van der Waals surface area (Å²) in [5, 5.41) is 0. The Labute approximate surface area is 204 Å². The van der Waals surface area contributed by atoms with Gasteiger partial charge in [-0.25, -0.2) is 0 Å². The van der Waals surface area contributed by atoms with Gasteiger partial charge >= 0.3 is 0 Å². The quantitative estimate of drug-likeness (QED) is 0.157. The van der Waals surface area contributed by atoms with Gasteiger partial charge in [-0.2, -0.15) is 0 Å². The monoisotopic (exact) mass is 449 g/mol. The van der Waals surface area contributed by atoms with Crippen molar-refractivity contribution in [2.45, 2.75) is 193 Å². The number of rotatable bonds is 21. The van der Waals surface area contributed by atoms with E-state index < -0.39 is 0 Å². The Hall–Kier alpha value is -0.0400. The van der Waals surface area contributed by atoms with E-state index in [9.17, 15) is 0 Å². The first kappa shape index (κ1) is 30.0. The molecule has 0 aromatic carbocycles. The third kappa shape index (κ3) is 14.3. The summed E-state index contributed by atoms with van der Waals surface area (Å²) in [5.74, 6) is 0. The summed E-state index contributed by atoms with van der Waals surface area (Å²) in [6, 6.07) is 0. The number of hydrogen-bond acceptors (Lipinski definition) is 1. The van der Waals surface area contributed by atoms with E-state index in [2.05, 4.69) is 39.5 Å². The molecule has 0 aromatic rings. The molecule has 1 aliphatic rings. The highest BCUT2D eigenvalue weighted by Gasteiger charge is 2.40. The summed E-state index contributed by atoms with van der Waals surface area (Å²) in [5.41, 5.74) is 0.797. The Morgan fingerprint density at radius 3 is 1.03 bits per heavy atom. The fourth-order valence-corrected chi connectivity index (χ4v) is 6.17. The minimum atomic E-state index is 0.398. The standard InChI is InChI=1S/C31H63N/c1-6-7-8-9-10-11-12-13-14-15-16-17-18-19-20-21-22-23-24-25-29-32-30(2,3)27-26-28-31(32,4)5/h6-29H2,1-5H3. The fraction of sp³-hybridized carbons (Fsp3) is 1.00. The van der Waals surface area contributed by atoms with E-state index >= 15 is 0 Å². The maximum absolute atomic E-state index is 2.82. The molecule has 0 saturated carbocycles. The van der Waals surface area contributed by atoms with Crippen LogP contribution in [0.3, 0.4) is 0 Å². The zero-order valence-corrected chi connectivity index (χ0v) is 23.4. The van der Waals surface area contributed by atoms with Gasteiger partial charge < -0.3 is 0 Å². The van der Waals surface area contributed by atoms with Crippen LogP contribution < -0.4 is 0 Å². The van der Waals surface area contributed by atoms with Crippen LogP contribution in [0.2, 0.25) is 0 Å². The van der Waals surface area contributed by atoms with Gasteiger partial charge in [0.15, 0.2) is 0 Å². The van der Waals surface area contributed by atoms with Gasteiger partial charge in [-0.05, 0) is 59.9 Å². The SMILES string of the molecule is CCCCCCCCCCCCCCCCCCCCCCN1C(C)(C)CCCC1(C)C. The van der Waals surface area contributed by atoms with Crippen molar-refractivity contribution in [2.75, 3.05) is 6.54 Å². The molecular weight excluding hydrogens is 386 g/mol. The molecule has 1 heteroatoms. The van der Waals surface area contributed by atoms with Crippen molar-refractivity contribution >= 4 is 0 Å². The fourth-order valence-electron chi connectivity index (χ4n) is 6.17. The van der Waals surface area contributed by atoms with Crippen LogP contribution >= 0.6 is 0 Å². The summed E-state index contributed by atoms with van der Waals surface area (Å²) < 4.78 is 0. The molecule has 1 saturated heterocycles. The Balaban J connectivity index is 1.80. The Morgan fingerprint density at radius 1 is 0.438 bits per heavy atom. The van der Waals surface area contributed by atoms with Crippen molar-refractivity contribution in [3.8, 4) is 0 Å². The number of hydrogen-bond donors (Lipinski definition) is 0. The lowest BCUT2D eigenvalue weighted by atomic mass is 9.79. The lowest BCUT2D eigenvalue weighted by molar-refractivity contribution is -0.0276. The molecule has 0 unspecified atom stereocenters. The number of unbranched alkanes of at least 4 members (excludes halogenated alkanes) is 19. The first-order valence-corrected chi connectivity index (χ1v) is 15.2. The maximum atomic E-state index is 2.82. The zero-order valence-electron chi connectivity index (χ0n) is 23.4. The van der Waals surface area contributed by atoms with E-state index in [1.54, 1.807) is 0 Å². The van der Waals surface area contributed by atoms with Gasteiger partial charge in [0.1, 0.15) is 0 Å². The van der Waals surface area contributed by atoms with E-state index in [1.165, 1.54) is 154 Å². The normalized spacial score (nSPS) is 18.3. The van der Waals surface area contributed by atoms with Gasteiger partial charge in [0.25, 0.3) is 0 Å². The third-order valence-corrected chi connectivity index (χ3v) is 8.27. The van der Waals surface area contributed by atoms with E-state index in [4.69, 9.17) is 0 Å². The second-order valence-corrected chi connectivity index (χ2v) is 12.3. The van der Waals surface area contributed by atoms with Gasteiger partial charge in [0.05, 0.1) is 0 Å². The highest BCUT2D eigenvalue weighted by molar-refractivity contribution is 4.96. The Bertz CT molecular complexity index is 395. The summed E-state index contributed by atoms with van der Waals surface area (Å²) in [6.45, 7) is 13.5. The van der Waals surface area contributed by atoms with E-state index in [-0.39, 0.29) is 0 Å². The topological polar surface area (TPSA) is 3.24 Å². The summed E-state index contributed by atoms with van der Waals surface area (Å²) in [4.78, 5) is 2.82. The van der Waals surface area contributed by atoms with Crippen molar-refractivity contribution < 1.29 is 0 Å². The molecule has 1 nitrogen and oxygen atoms in total. The summed E-state index contributed by atoms with van der Waals surface area (Å²) >= 11 is 0. The highest BCUT2D eigenvalue weighted by atomic mass is 15.3. The van der Waals surface area contributed by atoms with Crippen LogP contribution in [0.4, 0.5) is 0 Å². The maximum Gasteiger partial charge on any atom is 0.0158 e. The van der Waals surface area contributed by atoms with E-state index in [0.29, 0.717) is 11.1 Å². The number of nitrogens with zero attached hydrogens (tertiary/aromatic N) is 1. The predicted molar refractivity (Wildman–Crippen MR) is 147 cm³/mol. The van der Waals surface area contributed by atoms with Crippen molar-refractivity contribution in [1.29, 1.82) is 0 Å². The average Bonchev–Trinajstić information content (AvgIpc) is 2.73. The Kier molecular flexibility index (Phi) is 17.2. The molecule has 32 heavy (non-hydrogen) atoms. The van der Waals surface area contributed by atoms with Crippen LogP contribution in [0.25, 0.3) is 0 Å². The molecular formula is C31H63N. The number of piperidine rings is 1. The zero-order chi connectivity index (χ0) is 23.5. The first-order chi connectivity index (χ1) is 15.4. The van der Waals surface area contributed by atoms with Gasteiger partial charge in [0.2, 0.25) is 0 Å². The highest BCUT2D eigenvalue weighted by Crippen LogP contribution is 2.38. The van der Waals surface area contributed by atoms with E-state index in [0.717, 1.165) is 0 Å². The van der Waals surface area contributed by atoms with E-state index in [1.807, 2.05) is 0 Å². The van der Waals surface area contributed by atoms with Gasteiger partial charge in [-0.1, -0.05) is 129 Å². The molecule has 0 atom stereocenters. The van der Waals surface area contributed by atoms with Crippen LogP contribution in [0.15, 0.2) is 0 Å². The molecule has 192 valence electrons. The van der Waals surface area contributed by atoms with Crippen molar-refractivity contribution in [3.05, 3.63) is 0 Å². The molecule has 0 spiro atoms. The number of likely N-dealkylation sites (tertiary alicyclic amines) is 1. The second-order valence-electron chi connectivity index (χ2n) is 12.3. The van der Waals surface area contributed by atoms with Crippen molar-refractivity contribution in [1.82, 2.24) is 4.90 Å². The third-order valence-electron chi connectivity index (χ3n) is 8.27. The first-order valence-electron chi connectivity index (χ1n) is 15.2. The molecule has 0 amide bonds. The van der Waals surface area contributed by atoms with Crippen LogP contribution in [0.5, 0.6) is 0 Å². The largest absolute Gasteiger partial charge is 0.293 e. The molecule has 0 aromatic heterocycles. The molecule has 0 aliphatic carbocycles. The van der Waals surface area contributed by atoms with Crippen LogP contribution in [0.1, 0.15) is 182 Å². The molecule has 0 radical (unpaired) electrons. The smallest absolute Gasteiger partial charge is 0.0158 e. The minimum Gasteiger partial charge on any atom is -0.293 e. The van der Waals surface area contributed by atoms with Gasteiger partial charge in [-0.3, -0.25) is 4.90 Å². The van der Waals surface area contributed by atoms with Crippen molar-refractivity contribution in [3.63, 3.8) is 0 Å². The molecule has 1 heterocycles. The van der Waals surface area contributed by atoms with Crippen LogP contribution in [-0.4, -0.2) is 22.5 Å².